The minimum absolute atomic E-state index is 0.245. The lowest BCUT2D eigenvalue weighted by Gasteiger charge is -2.28. The first kappa shape index (κ1) is 24.8. The zero-order valence-electron chi connectivity index (χ0n) is 20.1. The quantitative estimate of drug-likeness (QED) is 0.574. The third-order valence-electron chi connectivity index (χ3n) is 5.86. The molecule has 2 aliphatic rings. The Hall–Kier alpha value is -2.43. The molecule has 1 saturated carbocycles. The topological polar surface area (TPSA) is 40.5 Å². The van der Waals surface area contributed by atoms with E-state index in [9.17, 15) is 4.39 Å². The van der Waals surface area contributed by atoms with Crippen molar-refractivity contribution in [3.63, 3.8) is 0 Å². The van der Waals surface area contributed by atoms with Crippen LogP contribution in [0.15, 0.2) is 52.8 Å². The summed E-state index contributed by atoms with van der Waals surface area (Å²) in [5.74, 6) is 1.73. The fraction of sp³-hybridized carbons (Fsp3) is 0.538. The van der Waals surface area contributed by atoms with Crippen LogP contribution in [-0.2, 0) is 6.42 Å². The van der Waals surface area contributed by atoms with Gasteiger partial charge in [0.1, 0.15) is 5.82 Å². The number of hydrogen-bond donors (Lipinski definition) is 1. The third kappa shape index (κ3) is 7.05. The van der Waals surface area contributed by atoms with E-state index < -0.39 is 0 Å². The van der Waals surface area contributed by atoms with E-state index in [2.05, 4.69) is 55.1 Å². The second kappa shape index (κ2) is 12.4. The summed E-state index contributed by atoms with van der Waals surface area (Å²) in [7, 11) is 3.41. The van der Waals surface area contributed by atoms with Gasteiger partial charge in [-0.2, -0.15) is 0 Å². The van der Waals surface area contributed by atoms with Crippen LogP contribution in [0.3, 0.4) is 0 Å². The Labute approximate surface area is 188 Å². The van der Waals surface area contributed by atoms with Crippen molar-refractivity contribution in [3.8, 4) is 0 Å². The monoisotopic (exact) mass is 426 g/mol. The molecule has 2 heterocycles. The van der Waals surface area contributed by atoms with Crippen molar-refractivity contribution >= 4 is 11.4 Å². The second-order valence-corrected chi connectivity index (χ2v) is 8.53. The van der Waals surface area contributed by atoms with Crippen molar-refractivity contribution < 1.29 is 4.39 Å². The van der Waals surface area contributed by atoms with Crippen molar-refractivity contribution in [2.45, 2.75) is 72.6 Å². The molecule has 1 fully saturated rings. The number of allylic oxidation sites excluding steroid dienone is 3. The van der Waals surface area contributed by atoms with Crippen LogP contribution in [0.5, 0.6) is 0 Å². The molecule has 1 aromatic rings. The summed E-state index contributed by atoms with van der Waals surface area (Å²) in [4.78, 5) is 10.3. The van der Waals surface area contributed by atoms with Crippen molar-refractivity contribution in [3.05, 3.63) is 59.1 Å². The van der Waals surface area contributed by atoms with Gasteiger partial charge in [-0.15, -0.1) is 0 Å². The average Bonchev–Trinajstić information content (AvgIpc) is 3.24. The molecule has 5 heteroatoms. The van der Waals surface area contributed by atoms with Gasteiger partial charge in [0.15, 0.2) is 11.7 Å². The summed E-state index contributed by atoms with van der Waals surface area (Å²) in [6.45, 7) is 8.71. The van der Waals surface area contributed by atoms with Crippen molar-refractivity contribution in [1.29, 1.82) is 0 Å². The molecule has 0 bridgehead atoms. The number of rotatable bonds is 5. The van der Waals surface area contributed by atoms with Crippen molar-refractivity contribution in [2.24, 2.45) is 10.9 Å². The van der Waals surface area contributed by atoms with Crippen LogP contribution in [0.2, 0.25) is 0 Å². The van der Waals surface area contributed by atoms with Crippen LogP contribution in [-0.4, -0.2) is 29.8 Å². The first-order chi connectivity index (χ1) is 14.9. The molecular formula is C26H39FN4. The van der Waals surface area contributed by atoms with E-state index >= 15 is 0 Å². The molecule has 3 rings (SSSR count). The number of pyridine rings is 1. The standard InChI is InChI=1S/C20H27FN4.C6H12/c1-6-9-18-15(10-8-11-23-18)16(12-14(3)7-2)20-24-19(22-4)17(21)13-25(20)5;1-6-4-2-3-5-6/h8,10-13H,6-7,9H2,1-5H3,(H,22,24);6H,2-5H2,1H3/b14-12?,20-16+;. The van der Waals surface area contributed by atoms with Crippen LogP contribution in [0, 0.1) is 5.92 Å². The molecule has 1 aromatic heterocycles. The molecule has 0 amide bonds. The van der Waals surface area contributed by atoms with Gasteiger partial charge in [0.25, 0.3) is 0 Å². The van der Waals surface area contributed by atoms with Gasteiger partial charge in [0.05, 0.1) is 0 Å². The van der Waals surface area contributed by atoms with E-state index in [1.807, 2.05) is 19.3 Å². The van der Waals surface area contributed by atoms with Gasteiger partial charge in [-0.3, -0.25) is 9.98 Å². The lowest BCUT2D eigenvalue weighted by molar-refractivity contribution is 0.497. The van der Waals surface area contributed by atoms with Gasteiger partial charge >= 0.3 is 0 Å². The molecular weight excluding hydrogens is 387 g/mol. The number of aromatic nitrogens is 1. The first-order valence-electron chi connectivity index (χ1n) is 11.6. The van der Waals surface area contributed by atoms with Gasteiger partial charge in [0.2, 0.25) is 0 Å². The molecule has 31 heavy (non-hydrogen) atoms. The maximum atomic E-state index is 14.0. The number of halogens is 1. The molecule has 0 unspecified atom stereocenters. The van der Waals surface area contributed by atoms with Gasteiger partial charge < -0.3 is 10.2 Å². The molecule has 1 aliphatic heterocycles. The fourth-order valence-corrected chi connectivity index (χ4v) is 3.85. The van der Waals surface area contributed by atoms with Crippen molar-refractivity contribution in [2.75, 3.05) is 14.1 Å². The van der Waals surface area contributed by atoms with Gasteiger partial charge in [-0.1, -0.05) is 70.6 Å². The highest BCUT2D eigenvalue weighted by Gasteiger charge is 2.22. The largest absolute Gasteiger partial charge is 0.334 e. The number of hydrogen-bond acceptors (Lipinski definition) is 3. The number of nitrogens with one attached hydrogen (secondary N) is 1. The maximum absolute atomic E-state index is 14.0. The number of aliphatic imine (C=N–C) groups is 1. The third-order valence-corrected chi connectivity index (χ3v) is 5.86. The zero-order chi connectivity index (χ0) is 22.8. The Bertz CT molecular complexity index is 845. The normalized spacial score (nSPS) is 20.2. The van der Waals surface area contributed by atoms with Crippen LogP contribution in [0.1, 0.15) is 77.5 Å². The Kier molecular flexibility index (Phi) is 9.96. The predicted octanol–water partition coefficient (Wildman–Crippen LogP) is 6.63. The Morgan fingerprint density at radius 2 is 2.03 bits per heavy atom. The predicted molar refractivity (Wildman–Crippen MR) is 130 cm³/mol. The van der Waals surface area contributed by atoms with Crippen LogP contribution < -0.4 is 5.32 Å². The minimum atomic E-state index is -0.371. The summed E-state index contributed by atoms with van der Waals surface area (Å²) in [6, 6.07) is 4.02. The zero-order valence-corrected chi connectivity index (χ0v) is 20.1. The first-order valence-corrected chi connectivity index (χ1v) is 11.6. The highest BCUT2D eigenvalue weighted by atomic mass is 19.1. The molecule has 0 saturated heterocycles. The summed E-state index contributed by atoms with van der Waals surface area (Å²) in [5, 5.41) is 3.14. The SMILES string of the molecule is CC1CCCC1.CCCc1ncccc1/C(C=C(C)CC)=C1\NC(=NC)C(F)=CN1C. The number of aryl methyl sites for hydroxylation is 1. The number of amidine groups is 1. The van der Waals surface area contributed by atoms with Crippen molar-refractivity contribution in [1.82, 2.24) is 15.2 Å². The average molecular weight is 427 g/mol. The van der Waals surface area contributed by atoms with E-state index in [-0.39, 0.29) is 11.7 Å². The van der Waals surface area contributed by atoms with E-state index in [0.29, 0.717) is 0 Å². The Morgan fingerprint density at radius 1 is 1.32 bits per heavy atom. The molecule has 0 aromatic carbocycles. The summed E-state index contributed by atoms with van der Waals surface area (Å²) >= 11 is 0. The summed E-state index contributed by atoms with van der Waals surface area (Å²) < 4.78 is 14.0. The molecule has 0 atom stereocenters. The molecule has 1 N–H and O–H groups in total. The van der Waals surface area contributed by atoms with Gasteiger partial charge in [-0.05, 0) is 31.7 Å². The summed E-state index contributed by atoms with van der Waals surface area (Å²) in [6.07, 6.45) is 14.2. The van der Waals surface area contributed by atoms with E-state index in [0.717, 1.165) is 47.8 Å². The number of nitrogens with zero attached hydrogens (tertiary/aromatic N) is 3. The smallest absolute Gasteiger partial charge is 0.181 e. The van der Waals surface area contributed by atoms with E-state index in [1.165, 1.54) is 37.5 Å². The highest BCUT2D eigenvalue weighted by molar-refractivity contribution is 5.99. The minimum Gasteiger partial charge on any atom is -0.334 e. The molecule has 170 valence electrons. The fourth-order valence-electron chi connectivity index (χ4n) is 3.85. The van der Waals surface area contributed by atoms with Crippen LogP contribution in [0.25, 0.3) is 5.57 Å². The van der Waals surface area contributed by atoms with Gasteiger partial charge in [-0.25, -0.2) is 4.39 Å². The van der Waals surface area contributed by atoms with E-state index in [4.69, 9.17) is 0 Å². The molecule has 1 aliphatic carbocycles. The lowest BCUT2D eigenvalue weighted by atomic mass is 9.98. The molecule has 0 spiro atoms. The lowest BCUT2D eigenvalue weighted by Crippen LogP contribution is -2.37. The van der Waals surface area contributed by atoms with E-state index in [1.54, 1.807) is 11.9 Å². The van der Waals surface area contributed by atoms with Crippen LogP contribution >= 0.6 is 0 Å². The van der Waals surface area contributed by atoms with Gasteiger partial charge in [0, 0.05) is 43.3 Å². The maximum Gasteiger partial charge on any atom is 0.181 e. The Balaban J connectivity index is 0.000000488. The summed E-state index contributed by atoms with van der Waals surface area (Å²) in [5.41, 5.74) is 4.36. The molecule has 4 nitrogen and oxygen atoms in total. The molecule has 0 radical (unpaired) electrons. The Morgan fingerprint density at radius 3 is 2.58 bits per heavy atom. The highest BCUT2D eigenvalue weighted by Crippen LogP contribution is 2.28. The van der Waals surface area contributed by atoms with Crippen LogP contribution in [0.4, 0.5) is 4.39 Å². The second-order valence-electron chi connectivity index (χ2n) is 8.53.